The molecule has 1 atom stereocenters. The van der Waals surface area contributed by atoms with E-state index in [1.54, 1.807) is 37.3 Å². The van der Waals surface area contributed by atoms with E-state index in [1.165, 1.54) is 4.31 Å². The standard InChI is InChI=1S/C16H18ClN3O3S/c1-11-6-7-16(19-18-11)23-13-8-9-20(10-13)24(21,22)15-5-3-4-14(17)12(15)2/h3-7,13H,8-10H2,1-2H3. The molecule has 6 nitrogen and oxygen atoms in total. The van der Waals surface area contributed by atoms with Gasteiger partial charge in [0.05, 0.1) is 17.1 Å². The fourth-order valence-corrected chi connectivity index (χ4v) is 4.60. The Labute approximate surface area is 146 Å². The van der Waals surface area contributed by atoms with Crippen LogP contribution in [0, 0.1) is 13.8 Å². The molecular weight excluding hydrogens is 350 g/mol. The summed E-state index contributed by atoms with van der Waals surface area (Å²) < 4.78 is 32.8. The van der Waals surface area contributed by atoms with Crippen LogP contribution in [0.5, 0.6) is 5.88 Å². The summed E-state index contributed by atoms with van der Waals surface area (Å²) in [5, 5.41) is 8.33. The first-order chi connectivity index (χ1) is 11.4. The number of hydrogen-bond donors (Lipinski definition) is 0. The van der Waals surface area contributed by atoms with Crippen molar-refractivity contribution in [2.45, 2.75) is 31.3 Å². The highest BCUT2D eigenvalue weighted by Crippen LogP contribution is 2.28. The summed E-state index contributed by atoms with van der Waals surface area (Å²) in [7, 11) is -3.59. The molecule has 1 aromatic carbocycles. The minimum atomic E-state index is -3.59. The minimum absolute atomic E-state index is 0.240. The molecule has 0 spiro atoms. The van der Waals surface area contributed by atoms with Crippen LogP contribution < -0.4 is 4.74 Å². The molecule has 0 N–H and O–H groups in total. The Kier molecular flexibility index (Phi) is 4.76. The summed E-state index contributed by atoms with van der Waals surface area (Å²) >= 11 is 6.05. The molecule has 8 heteroatoms. The smallest absolute Gasteiger partial charge is 0.243 e. The number of rotatable bonds is 4. The van der Waals surface area contributed by atoms with Crippen LogP contribution in [0.25, 0.3) is 0 Å². The Morgan fingerprint density at radius 2 is 2.00 bits per heavy atom. The molecule has 0 radical (unpaired) electrons. The van der Waals surface area contributed by atoms with Crippen molar-refractivity contribution in [3.8, 4) is 5.88 Å². The summed E-state index contributed by atoms with van der Waals surface area (Å²) in [4.78, 5) is 0.241. The molecule has 1 fully saturated rings. The fraction of sp³-hybridized carbons (Fsp3) is 0.375. The first kappa shape index (κ1) is 17.1. The van der Waals surface area contributed by atoms with Gasteiger partial charge >= 0.3 is 0 Å². The van der Waals surface area contributed by atoms with Crippen LogP contribution in [0.3, 0.4) is 0 Å². The second-order valence-corrected chi connectivity index (χ2v) is 8.08. The molecule has 1 aliphatic rings. The van der Waals surface area contributed by atoms with E-state index in [-0.39, 0.29) is 17.5 Å². The molecule has 0 saturated carbocycles. The van der Waals surface area contributed by atoms with Crippen molar-refractivity contribution in [2.24, 2.45) is 0 Å². The molecule has 2 aromatic rings. The third-order valence-corrected chi connectivity index (χ3v) is 6.42. The summed E-state index contributed by atoms with van der Waals surface area (Å²) in [6.45, 7) is 4.23. The highest BCUT2D eigenvalue weighted by atomic mass is 35.5. The molecule has 128 valence electrons. The second-order valence-electron chi connectivity index (χ2n) is 5.77. The van der Waals surface area contributed by atoms with Crippen molar-refractivity contribution in [2.75, 3.05) is 13.1 Å². The number of sulfonamides is 1. The Morgan fingerprint density at radius 3 is 2.71 bits per heavy atom. The maximum absolute atomic E-state index is 12.8. The van der Waals surface area contributed by atoms with Gasteiger partial charge in [0, 0.05) is 17.6 Å². The van der Waals surface area contributed by atoms with Crippen LogP contribution in [0.15, 0.2) is 35.2 Å². The molecule has 1 aromatic heterocycles. The third-order valence-electron chi connectivity index (χ3n) is 4.00. The van der Waals surface area contributed by atoms with E-state index in [0.717, 1.165) is 5.69 Å². The predicted molar refractivity (Wildman–Crippen MR) is 90.7 cm³/mol. The van der Waals surface area contributed by atoms with Gasteiger partial charge in [-0.15, -0.1) is 5.10 Å². The van der Waals surface area contributed by atoms with Gasteiger partial charge in [0.2, 0.25) is 15.9 Å². The monoisotopic (exact) mass is 367 g/mol. The molecule has 2 heterocycles. The summed E-state index contributed by atoms with van der Waals surface area (Å²) in [6, 6.07) is 8.45. The topological polar surface area (TPSA) is 72.4 Å². The SMILES string of the molecule is Cc1ccc(OC2CCN(S(=O)(=O)c3cccc(Cl)c3C)C2)nn1. The lowest BCUT2D eigenvalue weighted by Crippen LogP contribution is -2.31. The van der Waals surface area contributed by atoms with Crippen molar-refractivity contribution >= 4 is 21.6 Å². The Bertz CT molecular complexity index is 840. The number of aryl methyl sites for hydroxylation is 1. The summed E-state index contributed by atoms with van der Waals surface area (Å²) in [5.74, 6) is 0.406. The van der Waals surface area contributed by atoms with Crippen molar-refractivity contribution in [3.63, 3.8) is 0 Å². The number of benzene rings is 1. The number of nitrogens with zero attached hydrogens (tertiary/aromatic N) is 3. The van der Waals surface area contributed by atoms with Crippen molar-refractivity contribution in [1.82, 2.24) is 14.5 Å². The maximum Gasteiger partial charge on any atom is 0.243 e. The van der Waals surface area contributed by atoms with E-state index >= 15 is 0 Å². The molecule has 1 saturated heterocycles. The maximum atomic E-state index is 12.8. The van der Waals surface area contributed by atoms with E-state index in [2.05, 4.69) is 10.2 Å². The van der Waals surface area contributed by atoms with Crippen LogP contribution in [0.4, 0.5) is 0 Å². The first-order valence-electron chi connectivity index (χ1n) is 7.60. The Morgan fingerprint density at radius 1 is 1.21 bits per heavy atom. The van der Waals surface area contributed by atoms with Crippen molar-refractivity contribution in [1.29, 1.82) is 0 Å². The van der Waals surface area contributed by atoms with Crippen LogP contribution in [0.1, 0.15) is 17.7 Å². The van der Waals surface area contributed by atoms with Gasteiger partial charge in [-0.05, 0) is 44.0 Å². The van der Waals surface area contributed by atoms with Gasteiger partial charge in [-0.3, -0.25) is 0 Å². The average molecular weight is 368 g/mol. The second kappa shape index (κ2) is 6.66. The summed E-state index contributed by atoms with van der Waals surface area (Å²) in [5.41, 5.74) is 1.36. The minimum Gasteiger partial charge on any atom is -0.472 e. The largest absolute Gasteiger partial charge is 0.472 e. The average Bonchev–Trinajstić information content (AvgIpc) is 3.01. The number of aromatic nitrogens is 2. The molecule has 24 heavy (non-hydrogen) atoms. The zero-order valence-corrected chi connectivity index (χ0v) is 15.0. The van der Waals surface area contributed by atoms with E-state index in [4.69, 9.17) is 16.3 Å². The van der Waals surface area contributed by atoms with Crippen LogP contribution in [-0.4, -0.2) is 42.1 Å². The molecule has 1 unspecified atom stereocenters. The van der Waals surface area contributed by atoms with Gasteiger partial charge < -0.3 is 4.74 Å². The van der Waals surface area contributed by atoms with Gasteiger partial charge in [0.25, 0.3) is 0 Å². The van der Waals surface area contributed by atoms with E-state index in [0.29, 0.717) is 29.4 Å². The lowest BCUT2D eigenvalue weighted by Gasteiger charge is -2.18. The highest BCUT2D eigenvalue weighted by molar-refractivity contribution is 7.89. The third kappa shape index (κ3) is 3.38. The van der Waals surface area contributed by atoms with E-state index in [9.17, 15) is 8.42 Å². The molecule has 0 bridgehead atoms. The zero-order valence-electron chi connectivity index (χ0n) is 13.4. The summed E-state index contributed by atoms with van der Waals surface area (Å²) in [6.07, 6.45) is 0.366. The molecule has 3 rings (SSSR count). The van der Waals surface area contributed by atoms with Gasteiger partial charge in [0.1, 0.15) is 6.10 Å². The lowest BCUT2D eigenvalue weighted by atomic mass is 10.2. The highest BCUT2D eigenvalue weighted by Gasteiger charge is 2.34. The molecule has 0 aliphatic carbocycles. The van der Waals surface area contributed by atoms with Gasteiger partial charge in [-0.1, -0.05) is 17.7 Å². The van der Waals surface area contributed by atoms with E-state index in [1.807, 2.05) is 6.92 Å². The molecular formula is C16H18ClN3O3S. The Balaban J connectivity index is 1.74. The molecule has 0 amide bonds. The van der Waals surface area contributed by atoms with Gasteiger partial charge in [0.15, 0.2) is 0 Å². The van der Waals surface area contributed by atoms with Gasteiger partial charge in [-0.2, -0.15) is 9.40 Å². The van der Waals surface area contributed by atoms with Crippen molar-refractivity contribution in [3.05, 3.63) is 46.6 Å². The zero-order chi connectivity index (χ0) is 17.3. The van der Waals surface area contributed by atoms with Crippen LogP contribution >= 0.6 is 11.6 Å². The fourth-order valence-electron chi connectivity index (χ4n) is 2.64. The quantitative estimate of drug-likeness (QED) is 0.830. The molecule has 1 aliphatic heterocycles. The van der Waals surface area contributed by atoms with Crippen molar-refractivity contribution < 1.29 is 13.2 Å². The predicted octanol–water partition coefficient (Wildman–Crippen LogP) is 2.59. The normalized spacial score (nSPS) is 18.7. The number of ether oxygens (including phenoxy) is 1. The Hall–Kier alpha value is -1.70. The van der Waals surface area contributed by atoms with Crippen LogP contribution in [-0.2, 0) is 10.0 Å². The van der Waals surface area contributed by atoms with Crippen LogP contribution in [0.2, 0.25) is 5.02 Å². The number of halogens is 1. The first-order valence-corrected chi connectivity index (χ1v) is 9.42. The van der Waals surface area contributed by atoms with Gasteiger partial charge in [-0.25, -0.2) is 8.42 Å². The van der Waals surface area contributed by atoms with E-state index < -0.39 is 10.0 Å². The number of hydrogen-bond acceptors (Lipinski definition) is 5. The lowest BCUT2D eigenvalue weighted by molar-refractivity contribution is 0.204.